The molecule has 1 aromatic rings. The lowest BCUT2D eigenvalue weighted by molar-refractivity contribution is 0.0503. The Morgan fingerprint density at radius 2 is 2.07 bits per heavy atom. The Hall–Kier alpha value is -0.860. The van der Waals surface area contributed by atoms with Crippen molar-refractivity contribution < 1.29 is 5.11 Å². The van der Waals surface area contributed by atoms with Crippen LogP contribution in [0.4, 0.5) is 0 Å². The Balaban J connectivity index is 1.75. The van der Waals surface area contributed by atoms with Crippen molar-refractivity contribution in [1.82, 2.24) is 5.32 Å². The fourth-order valence-electron chi connectivity index (χ4n) is 2.21. The molecule has 0 radical (unpaired) electrons. The van der Waals surface area contributed by atoms with Crippen molar-refractivity contribution in [2.24, 2.45) is 0 Å². The first kappa shape index (κ1) is 10.7. The van der Waals surface area contributed by atoms with E-state index in [9.17, 15) is 5.11 Å². The van der Waals surface area contributed by atoms with Crippen LogP contribution in [0.5, 0.6) is 0 Å². The Labute approximate surface area is 91.3 Å². The van der Waals surface area contributed by atoms with Crippen molar-refractivity contribution in [3.05, 3.63) is 35.9 Å². The number of aryl methyl sites for hydroxylation is 1. The molecule has 1 atom stereocenters. The van der Waals surface area contributed by atoms with Crippen LogP contribution < -0.4 is 5.32 Å². The molecule has 1 fully saturated rings. The minimum absolute atomic E-state index is 0.436. The van der Waals surface area contributed by atoms with Crippen LogP contribution in [-0.4, -0.2) is 23.8 Å². The van der Waals surface area contributed by atoms with Crippen molar-refractivity contribution in [2.45, 2.75) is 31.3 Å². The van der Waals surface area contributed by atoms with E-state index in [1.54, 1.807) is 0 Å². The van der Waals surface area contributed by atoms with Gasteiger partial charge in [0.25, 0.3) is 0 Å². The van der Waals surface area contributed by atoms with Gasteiger partial charge < -0.3 is 10.4 Å². The van der Waals surface area contributed by atoms with Gasteiger partial charge in [0.15, 0.2) is 0 Å². The number of β-amino-alcohol motifs (C(OH)–C–C–N with tert-alkyl or cyclic N) is 1. The highest BCUT2D eigenvalue weighted by Crippen LogP contribution is 2.21. The maximum atomic E-state index is 10.1. The summed E-state index contributed by atoms with van der Waals surface area (Å²) in [6.07, 6.45) is 3.96. The van der Waals surface area contributed by atoms with Crippen LogP contribution >= 0.6 is 0 Å². The zero-order valence-electron chi connectivity index (χ0n) is 9.08. The molecule has 2 N–H and O–H groups in total. The largest absolute Gasteiger partial charge is 0.389 e. The number of nitrogens with one attached hydrogen (secondary N) is 1. The molecule has 2 heteroatoms. The van der Waals surface area contributed by atoms with Crippen molar-refractivity contribution in [1.29, 1.82) is 0 Å². The van der Waals surface area contributed by atoms with Crippen LogP contribution in [0.15, 0.2) is 30.3 Å². The third-order valence-corrected chi connectivity index (χ3v) is 3.17. The molecular formula is C13H19NO. The fourth-order valence-corrected chi connectivity index (χ4v) is 2.21. The standard InChI is InChI=1S/C13H19NO/c15-13(9-10-14-11-13)8-4-7-12-5-2-1-3-6-12/h1-3,5-6,14-15H,4,7-11H2. The molecule has 1 heterocycles. The molecule has 0 saturated carbocycles. The highest BCUT2D eigenvalue weighted by molar-refractivity contribution is 5.14. The Morgan fingerprint density at radius 3 is 2.73 bits per heavy atom. The molecule has 0 aliphatic carbocycles. The lowest BCUT2D eigenvalue weighted by Crippen LogP contribution is -2.31. The van der Waals surface area contributed by atoms with E-state index in [1.165, 1.54) is 5.56 Å². The molecule has 0 spiro atoms. The van der Waals surface area contributed by atoms with Gasteiger partial charge in [0.05, 0.1) is 5.60 Å². The van der Waals surface area contributed by atoms with Crippen LogP contribution in [0.1, 0.15) is 24.8 Å². The van der Waals surface area contributed by atoms with Crippen molar-refractivity contribution in [2.75, 3.05) is 13.1 Å². The molecule has 82 valence electrons. The van der Waals surface area contributed by atoms with E-state index in [2.05, 4.69) is 29.6 Å². The zero-order valence-corrected chi connectivity index (χ0v) is 9.08. The van der Waals surface area contributed by atoms with Gasteiger partial charge in [-0.1, -0.05) is 30.3 Å². The average molecular weight is 205 g/mol. The van der Waals surface area contributed by atoms with E-state index in [1.807, 2.05) is 6.07 Å². The summed E-state index contributed by atoms with van der Waals surface area (Å²) >= 11 is 0. The first-order valence-electron chi connectivity index (χ1n) is 5.76. The number of hydrogen-bond acceptors (Lipinski definition) is 2. The van der Waals surface area contributed by atoms with Gasteiger partial charge in [-0.15, -0.1) is 0 Å². The Morgan fingerprint density at radius 1 is 1.27 bits per heavy atom. The van der Waals surface area contributed by atoms with E-state index in [4.69, 9.17) is 0 Å². The van der Waals surface area contributed by atoms with Gasteiger partial charge in [0, 0.05) is 6.54 Å². The first-order valence-corrected chi connectivity index (χ1v) is 5.76. The Bertz CT molecular complexity index is 291. The van der Waals surface area contributed by atoms with Crippen molar-refractivity contribution in [3.63, 3.8) is 0 Å². The minimum Gasteiger partial charge on any atom is -0.389 e. The summed E-state index contributed by atoms with van der Waals surface area (Å²) in [4.78, 5) is 0. The maximum Gasteiger partial charge on any atom is 0.0783 e. The third kappa shape index (κ3) is 3.05. The molecule has 1 aromatic carbocycles. The third-order valence-electron chi connectivity index (χ3n) is 3.17. The van der Waals surface area contributed by atoms with Crippen LogP contribution in [0.3, 0.4) is 0 Å². The van der Waals surface area contributed by atoms with E-state index in [-0.39, 0.29) is 0 Å². The molecular weight excluding hydrogens is 186 g/mol. The van der Waals surface area contributed by atoms with Gasteiger partial charge >= 0.3 is 0 Å². The van der Waals surface area contributed by atoms with E-state index >= 15 is 0 Å². The van der Waals surface area contributed by atoms with Crippen LogP contribution in [0, 0.1) is 0 Å². The smallest absolute Gasteiger partial charge is 0.0783 e. The summed E-state index contributed by atoms with van der Waals surface area (Å²) in [5, 5.41) is 13.3. The predicted octanol–water partition coefficient (Wildman–Crippen LogP) is 1.73. The van der Waals surface area contributed by atoms with E-state index in [0.29, 0.717) is 0 Å². The maximum absolute atomic E-state index is 10.1. The molecule has 2 nitrogen and oxygen atoms in total. The second-order valence-corrected chi connectivity index (χ2v) is 4.49. The highest BCUT2D eigenvalue weighted by Gasteiger charge is 2.29. The van der Waals surface area contributed by atoms with Crippen molar-refractivity contribution >= 4 is 0 Å². The van der Waals surface area contributed by atoms with Crippen molar-refractivity contribution in [3.8, 4) is 0 Å². The molecule has 0 aromatic heterocycles. The number of rotatable bonds is 4. The van der Waals surface area contributed by atoms with Gasteiger partial charge in [-0.05, 0) is 37.8 Å². The van der Waals surface area contributed by atoms with Crippen LogP contribution in [0.25, 0.3) is 0 Å². The topological polar surface area (TPSA) is 32.3 Å². The second-order valence-electron chi connectivity index (χ2n) is 4.49. The van der Waals surface area contributed by atoms with E-state index in [0.717, 1.165) is 38.8 Å². The molecule has 15 heavy (non-hydrogen) atoms. The summed E-state index contributed by atoms with van der Waals surface area (Å²) < 4.78 is 0. The fraction of sp³-hybridized carbons (Fsp3) is 0.538. The normalized spacial score (nSPS) is 25.7. The van der Waals surface area contributed by atoms with Gasteiger partial charge in [-0.2, -0.15) is 0 Å². The van der Waals surface area contributed by atoms with Gasteiger partial charge in [-0.25, -0.2) is 0 Å². The zero-order chi connectivity index (χ0) is 10.6. The predicted molar refractivity (Wildman–Crippen MR) is 61.8 cm³/mol. The number of aliphatic hydroxyl groups is 1. The van der Waals surface area contributed by atoms with Crippen LogP contribution in [0.2, 0.25) is 0 Å². The number of benzene rings is 1. The summed E-state index contributed by atoms with van der Waals surface area (Å²) in [5.74, 6) is 0. The number of hydrogen-bond donors (Lipinski definition) is 2. The lowest BCUT2D eigenvalue weighted by atomic mass is 9.94. The quantitative estimate of drug-likeness (QED) is 0.784. The summed E-state index contributed by atoms with van der Waals surface area (Å²) in [7, 11) is 0. The monoisotopic (exact) mass is 205 g/mol. The summed E-state index contributed by atoms with van der Waals surface area (Å²) in [5.41, 5.74) is 0.932. The molecule has 1 saturated heterocycles. The van der Waals surface area contributed by atoms with Crippen LogP contribution in [-0.2, 0) is 6.42 Å². The SMILES string of the molecule is OC1(CCCc2ccccc2)CCNC1. The first-order chi connectivity index (χ1) is 7.29. The minimum atomic E-state index is -0.436. The molecule has 1 aliphatic heterocycles. The second kappa shape index (κ2) is 4.77. The molecule has 0 bridgehead atoms. The lowest BCUT2D eigenvalue weighted by Gasteiger charge is -2.20. The summed E-state index contributed by atoms with van der Waals surface area (Å²) in [6.45, 7) is 1.73. The molecule has 0 amide bonds. The molecule has 1 unspecified atom stereocenters. The van der Waals surface area contributed by atoms with Gasteiger partial charge in [0.2, 0.25) is 0 Å². The molecule has 1 aliphatic rings. The summed E-state index contributed by atoms with van der Waals surface area (Å²) in [6, 6.07) is 10.5. The highest BCUT2D eigenvalue weighted by atomic mass is 16.3. The average Bonchev–Trinajstić information content (AvgIpc) is 2.67. The molecule has 2 rings (SSSR count). The Kier molecular flexibility index (Phi) is 3.39. The van der Waals surface area contributed by atoms with Gasteiger partial charge in [-0.3, -0.25) is 0 Å². The van der Waals surface area contributed by atoms with Gasteiger partial charge in [0.1, 0.15) is 0 Å². The van der Waals surface area contributed by atoms with E-state index < -0.39 is 5.60 Å².